The van der Waals surface area contributed by atoms with Gasteiger partial charge in [-0.25, -0.2) is 0 Å². The molecule has 2 aromatic carbocycles. The largest absolute Gasteiger partial charge is 0.496 e. The summed E-state index contributed by atoms with van der Waals surface area (Å²) in [4.78, 5) is 12.9. The predicted octanol–water partition coefficient (Wildman–Crippen LogP) is 4.83. The van der Waals surface area contributed by atoms with Crippen LogP contribution in [0.2, 0.25) is 0 Å². The summed E-state index contributed by atoms with van der Waals surface area (Å²) in [6, 6.07) is 9.22. The van der Waals surface area contributed by atoms with Crippen molar-refractivity contribution in [2.45, 2.75) is 19.4 Å². The average molecular weight is 379 g/mol. The fourth-order valence-electron chi connectivity index (χ4n) is 3.09. The molecule has 5 nitrogen and oxygen atoms in total. The number of ether oxygens (including phenoxy) is 3. The molecule has 0 atom stereocenters. The van der Waals surface area contributed by atoms with E-state index in [1.54, 1.807) is 38.5 Å². The Hall–Kier alpha value is -3.21. The molecular weight excluding hydrogens is 354 g/mol. The zero-order valence-electron chi connectivity index (χ0n) is 16.8. The molecule has 1 aliphatic heterocycles. The summed E-state index contributed by atoms with van der Waals surface area (Å²) in [6.45, 7) is 3.90. The number of hydrogen-bond acceptors (Lipinski definition) is 5. The highest BCUT2D eigenvalue weighted by Gasteiger charge is 2.27. The van der Waals surface area contributed by atoms with Crippen molar-refractivity contribution in [2.24, 2.45) is 0 Å². The number of fused-ring (bicyclic) bond motifs is 1. The molecular formula is C23H25NO4. The second kappa shape index (κ2) is 7.80. The summed E-state index contributed by atoms with van der Waals surface area (Å²) in [5.41, 5.74) is 2.54. The summed E-state index contributed by atoms with van der Waals surface area (Å²) < 4.78 is 16.8. The lowest BCUT2D eigenvalue weighted by Crippen LogP contribution is -2.28. The third kappa shape index (κ3) is 3.88. The van der Waals surface area contributed by atoms with Crippen LogP contribution in [0.15, 0.2) is 42.5 Å². The zero-order chi connectivity index (χ0) is 20.3. The quantitative estimate of drug-likeness (QED) is 0.576. The van der Waals surface area contributed by atoms with E-state index in [0.29, 0.717) is 17.1 Å². The van der Waals surface area contributed by atoms with E-state index in [2.05, 4.69) is 5.32 Å². The minimum absolute atomic E-state index is 0.133. The monoisotopic (exact) mass is 379 g/mol. The minimum Gasteiger partial charge on any atom is -0.496 e. The molecule has 5 heteroatoms. The van der Waals surface area contributed by atoms with Crippen molar-refractivity contribution in [3.8, 4) is 17.2 Å². The van der Waals surface area contributed by atoms with Gasteiger partial charge >= 0.3 is 0 Å². The van der Waals surface area contributed by atoms with Crippen LogP contribution in [-0.4, -0.2) is 32.7 Å². The molecule has 0 saturated carbocycles. The van der Waals surface area contributed by atoms with Crippen LogP contribution in [0.4, 0.5) is 5.69 Å². The standard InChI is InChI=1S/C23H25NO4/c1-23(2)13-12-17-20(26-4)11-8-16(22(17)28-23)19(25)9-6-15-7-10-21(27-5)18(14-15)24-3/h6-14,24H,1-5H3. The molecule has 3 rings (SSSR count). The van der Waals surface area contributed by atoms with E-state index in [1.807, 2.05) is 51.2 Å². The maximum Gasteiger partial charge on any atom is 0.189 e. The molecule has 0 fully saturated rings. The minimum atomic E-state index is -0.490. The first kappa shape index (κ1) is 19.5. The molecule has 1 heterocycles. The van der Waals surface area contributed by atoms with Gasteiger partial charge in [-0.2, -0.15) is 0 Å². The van der Waals surface area contributed by atoms with Gasteiger partial charge in [-0.3, -0.25) is 4.79 Å². The number of ketones is 1. The first-order chi connectivity index (χ1) is 13.4. The van der Waals surface area contributed by atoms with E-state index < -0.39 is 5.60 Å². The lowest BCUT2D eigenvalue weighted by atomic mass is 9.97. The van der Waals surface area contributed by atoms with E-state index in [-0.39, 0.29) is 5.78 Å². The Kier molecular flexibility index (Phi) is 5.45. The number of benzene rings is 2. The number of carbonyl (C=O) groups is 1. The average Bonchev–Trinajstić information content (AvgIpc) is 2.70. The van der Waals surface area contributed by atoms with E-state index >= 15 is 0 Å². The van der Waals surface area contributed by atoms with Crippen molar-refractivity contribution in [1.29, 1.82) is 0 Å². The molecule has 0 unspecified atom stereocenters. The van der Waals surface area contributed by atoms with Gasteiger partial charge in [0.15, 0.2) is 5.78 Å². The van der Waals surface area contributed by atoms with Crippen molar-refractivity contribution in [1.82, 2.24) is 0 Å². The van der Waals surface area contributed by atoms with Crippen LogP contribution >= 0.6 is 0 Å². The topological polar surface area (TPSA) is 56.8 Å². The molecule has 1 N–H and O–H groups in total. The number of anilines is 1. The van der Waals surface area contributed by atoms with Crippen LogP contribution in [0.5, 0.6) is 17.2 Å². The van der Waals surface area contributed by atoms with Gasteiger partial charge in [-0.05, 0) is 61.9 Å². The zero-order valence-corrected chi connectivity index (χ0v) is 16.8. The predicted molar refractivity (Wildman–Crippen MR) is 113 cm³/mol. The van der Waals surface area contributed by atoms with Crippen molar-refractivity contribution >= 4 is 23.6 Å². The van der Waals surface area contributed by atoms with E-state index in [4.69, 9.17) is 14.2 Å². The number of nitrogens with one attached hydrogen (secondary N) is 1. The van der Waals surface area contributed by atoms with Crippen LogP contribution in [0.25, 0.3) is 12.2 Å². The van der Waals surface area contributed by atoms with Crippen molar-refractivity contribution in [3.05, 3.63) is 59.2 Å². The van der Waals surface area contributed by atoms with E-state index in [0.717, 1.165) is 22.6 Å². The highest BCUT2D eigenvalue weighted by atomic mass is 16.5. The first-order valence-electron chi connectivity index (χ1n) is 9.06. The Labute approximate surface area is 165 Å². The molecule has 2 aromatic rings. The van der Waals surface area contributed by atoms with Gasteiger partial charge in [0.2, 0.25) is 0 Å². The summed E-state index contributed by atoms with van der Waals surface area (Å²) in [5, 5.41) is 3.08. The highest BCUT2D eigenvalue weighted by Crippen LogP contribution is 2.40. The van der Waals surface area contributed by atoms with Crippen LogP contribution < -0.4 is 19.5 Å². The molecule has 0 aliphatic carbocycles. The first-order valence-corrected chi connectivity index (χ1v) is 9.06. The van der Waals surface area contributed by atoms with Crippen LogP contribution in [0.3, 0.4) is 0 Å². The number of methoxy groups -OCH3 is 2. The van der Waals surface area contributed by atoms with Crippen molar-refractivity contribution in [3.63, 3.8) is 0 Å². The molecule has 0 radical (unpaired) electrons. The molecule has 0 aromatic heterocycles. The lowest BCUT2D eigenvalue weighted by Gasteiger charge is -2.29. The van der Waals surface area contributed by atoms with E-state index in [1.165, 1.54) is 0 Å². The number of allylic oxidation sites excluding steroid dienone is 1. The molecule has 0 spiro atoms. The van der Waals surface area contributed by atoms with Crippen molar-refractivity contribution < 1.29 is 19.0 Å². The summed E-state index contributed by atoms with van der Waals surface area (Å²) in [6.07, 6.45) is 7.24. The molecule has 0 saturated heterocycles. The molecule has 0 amide bonds. The van der Waals surface area contributed by atoms with Crippen molar-refractivity contribution in [2.75, 3.05) is 26.6 Å². The molecule has 0 bridgehead atoms. The molecule has 1 aliphatic rings. The van der Waals surface area contributed by atoms with Gasteiger partial charge in [0.25, 0.3) is 0 Å². The Balaban J connectivity index is 1.94. The summed E-state index contributed by atoms with van der Waals surface area (Å²) in [7, 11) is 5.05. The normalized spacial score (nSPS) is 14.3. The van der Waals surface area contributed by atoms with Gasteiger partial charge in [0.05, 0.1) is 31.0 Å². The maximum absolute atomic E-state index is 12.9. The number of rotatable bonds is 6. The second-order valence-corrected chi connectivity index (χ2v) is 7.00. The number of carbonyl (C=O) groups excluding carboxylic acids is 1. The summed E-state index contributed by atoms with van der Waals surface area (Å²) >= 11 is 0. The Morgan fingerprint density at radius 1 is 1.11 bits per heavy atom. The van der Waals surface area contributed by atoms with Gasteiger partial charge in [-0.1, -0.05) is 12.1 Å². The number of hydrogen-bond donors (Lipinski definition) is 1. The Morgan fingerprint density at radius 3 is 2.50 bits per heavy atom. The van der Waals surface area contributed by atoms with E-state index in [9.17, 15) is 4.79 Å². The highest BCUT2D eigenvalue weighted by molar-refractivity contribution is 6.09. The third-order valence-electron chi connectivity index (χ3n) is 4.58. The van der Waals surface area contributed by atoms with Crippen LogP contribution in [-0.2, 0) is 0 Å². The Morgan fingerprint density at radius 2 is 1.82 bits per heavy atom. The Bertz CT molecular complexity index is 957. The smallest absolute Gasteiger partial charge is 0.189 e. The van der Waals surface area contributed by atoms with Gasteiger partial charge in [0, 0.05) is 7.05 Å². The van der Waals surface area contributed by atoms with Crippen LogP contribution in [0, 0.1) is 0 Å². The van der Waals surface area contributed by atoms with Crippen LogP contribution in [0.1, 0.15) is 35.3 Å². The van der Waals surface area contributed by atoms with Gasteiger partial charge in [-0.15, -0.1) is 0 Å². The lowest BCUT2D eigenvalue weighted by molar-refractivity contribution is 0.103. The SMILES string of the molecule is CNc1cc(C=CC(=O)c2ccc(OC)c3c2OC(C)(C)C=C3)ccc1OC. The maximum atomic E-state index is 12.9. The van der Waals surface area contributed by atoms with Gasteiger partial charge in [0.1, 0.15) is 22.8 Å². The molecule has 28 heavy (non-hydrogen) atoms. The van der Waals surface area contributed by atoms with Gasteiger partial charge < -0.3 is 19.5 Å². The fourth-order valence-corrected chi connectivity index (χ4v) is 3.09. The fraction of sp³-hybridized carbons (Fsp3) is 0.261. The third-order valence-corrected chi connectivity index (χ3v) is 4.58. The summed E-state index contributed by atoms with van der Waals surface area (Å²) in [5.74, 6) is 1.84. The molecule has 146 valence electrons. The second-order valence-electron chi connectivity index (χ2n) is 7.00.